The number of aromatic nitrogens is 4. The lowest BCUT2D eigenvalue weighted by molar-refractivity contribution is -0.308. The molecule has 0 radical (unpaired) electrons. The fraction of sp³-hybridized carbons (Fsp3) is 0.250. The van der Waals surface area contributed by atoms with E-state index in [0.717, 1.165) is 5.69 Å². The van der Waals surface area contributed by atoms with E-state index in [2.05, 4.69) is 25.3 Å². The van der Waals surface area contributed by atoms with E-state index in [4.69, 9.17) is 16.6 Å². The molecule has 1 amide bonds. The monoisotopic (exact) mass is 453 g/mol. The van der Waals surface area contributed by atoms with Crippen LogP contribution in [0.3, 0.4) is 0 Å². The average molecular weight is 453 g/mol. The summed E-state index contributed by atoms with van der Waals surface area (Å²) in [5, 5.41) is 22.1. The molecule has 0 spiro atoms. The number of rotatable bonds is 9. The second-order valence-electron chi connectivity index (χ2n) is 7.18. The Kier molecular flexibility index (Phi) is 6.81. The van der Waals surface area contributed by atoms with Gasteiger partial charge >= 0.3 is 5.97 Å². The second-order valence-corrected chi connectivity index (χ2v) is 7.18. The first kappa shape index (κ1) is 23.1. The highest BCUT2D eigenvalue weighted by Gasteiger charge is 2.17. The van der Waals surface area contributed by atoms with Crippen LogP contribution in [-0.2, 0) is 16.1 Å². The molecule has 0 bridgehead atoms. The van der Waals surface area contributed by atoms with Gasteiger partial charge in [0.25, 0.3) is 5.91 Å². The SMILES string of the molecule is CN(Cc1cnc2nc(N)nc(N)c2n1)c1ccc(C(=O)N[C@@H](CCC(=O)O)C(=O)[O-])cc1. The molecule has 2 aromatic heterocycles. The second kappa shape index (κ2) is 9.72. The Labute approximate surface area is 187 Å². The van der Waals surface area contributed by atoms with Gasteiger partial charge in [0, 0.05) is 24.7 Å². The van der Waals surface area contributed by atoms with Gasteiger partial charge in [0.15, 0.2) is 17.0 Å². The van der Waals surface area contributed by atoms with Crippen LogP contribution < -0.4 is 26.8 Å². The lowest BCUT2D eigenvalue weighted by Gasteiger charge is -2.20. The number of fused-ring (bicyclic) bond motifs is 1. The highest BCUT2D eigenvalue weighted by atomic mass is 16.4. The molecule has 0 aliphatic rings. The van der Waals surface area contributed by atoms with E-state index < -0.39 is 30.3 Å². The first-order valence-corrected chi connectivity index (χ1v) is 9.73. The first-order chi connectivity index (χ1) is 15.6. The van der Waals surface area contributed by atoms with Gasteiger partial charge in [0.05, 0.1) is 30.4 Å². The number of nitrogen functional groups attached to an aromatic ring is 2. The number of carboxylic acid groups (broad SMARTS) is 2. The Morgan fingerprint density at radius 1 is 1.15 bits per heavy atom. The summed E-state index contributed by atoms with van der Waals surface area (Å²) in [5.74, 6) is -3.23. The molecule has 0 saturated carbocycles. The van der Waals surface area contributed by atoms with Gasteiger partial charge in [-0.1, -0.05) is 0 Å². The molecular weight excluding hydrogens is 432 g/mol. The standard InChI is InChI=1S/C20H22N8O5/c1-28(9-11-8-23-17-15(24-11)16(21)26-20(22)27-17)12-4-2-10(3-5-12)18(31)25-13(19(32)33)6-7-14(29)30/h2-5,8,13H,6-7,9H2,1H3,(H,25,31)(H,29,30)(H,32,33)(H4,21,22,23,26,27)/p-1/t13-/m0/s1. The minimum Gasteiger partial charge on any atom is -0.548 e. The van der Waals surface area contributed by atoms with Gasteiger partial charge in [-0.25, -0.2) is 9.97 Å². The summed E-state index contributed by atoms with van der Waals surface area (Å²) in [6.45, 7) is 0.361. The Balaban J connectivity index is 1.67. The maximum Gasteiger partial charge on any atom is 0.303 e. The third-order valence-corrected chi connectivity index (χ3v) is 4.71. The van der Waals surface area contributed by atoms with Gasteiger partial charge < -0.3 is 36.7 Å². The van der Waals surface area contributed by atoms with Crippen molar-refractivity contribution in [3.8, 4) is 0 Å². The molecule has 13 heteroatoms. The minimum atomic E-state index is -1.55. The van der Waals surface area contributed by atoms with Gasteiger partial charge in [-0.15, -0.1) is 0 Å². The van der Waals surface area contributed by atoms with Crippen molar-refractivity contribution in [1.82, 2.24) is 25.3 Å². The third-order valence-electron chi connectivity index (χ3n) is 4.71. The number of nitrogens with zero attached hydrogens (tertiary/aromatic N) is 5. The number of carboxylic acids is 2. The normalized spacial score (nSPS) is 11.7. The van der Waals surface area contributed by atoms with Gasteiger partial charge in [-0.3, -0.25) is 9.59 Å². The molecule has 1 aromatic carbocycles. The van der Waals surface area contributed by atoms with E-state index in [-0.39, 0.29) is 23.8 Å². The molecule has 0 fully saturated rings. The maximum absolute atomic E-state index is 12.3. The van der Waals surface area contributed by atoms with E-state index >= 15 is 0 Å². The maximum atomic E-state index is 12.3. The third kappa shape index (κ3) is 5.78. The van der Waals surface area contributed by atoms with Crippen molar-refractivity contribution in [3.05, 3.63) is 41.7 Å². The fourth-order valence-corrected chi connectivity index (χ4v) is 3.02. The smallest absolute Gasteiger partial charge is 0.303 e. The van der Waals surface area contributed by atoms with Gasteiger partial charge in [-0.05, 0) is 30.7 Å². The van der Waals surface area contributed by atoms with Crippen molar-refractivity contribution in [2.24, 2.45) is 0 Å². The summed E-state index contributed by atoms with van der Waals surface area (Å²) in [7, 11) is 1.81. The van der Waals surface area contributed by atoms with Crippen molar-refractivity contribution >= 4 is 46.5 Å². The van der Waals surface area contributed by atoms with Crippen LogP contribution in [0.15, 0.2) is 30.5 Å². The zero-order valence-electron chi connectivity index (χ0n) is 17.6. The summed E-state index contributed by atoms with van der Waals surface area (Å²) in [6, 6.07) is 4.98. The molecule has 172 valence electrons. The zero-order chi connectivity index (χ0) is 24.1. The number of nitrogens with one attached hydrogen (secondary N) is 1. The highest BCUT2D eigenvalue weighted by molar-refractivity contribution is 5.96. The van der Waals surface area contributed by atoms with E-state index in [1.165, 1.54) is 12.1 Å². The molecule has 0 unspecified atom stereocenters. The molecular formula is C20H21N8O5-. The number of hydrogen-bond acceptors (Lipinski definition) is 11. The molecule has 2 heterocycles. The van der Waals surface area contributed by atoms with E-state index in [1.54, 1.807) is 18.3 Å². The van der Waals surface area contributed by atoms with Crippen LogP contribution in [0, 0.1) is 0 Å². The molecule has 1 atom stereocenters. The largest absolute Gasteiger partial charge is 0.548 e. The number of hydrogen-bond donors (Lipinski definition) is 4. The van der Waals surface area contributed by atoms with Crippen molar-refractivity contribution in [2.75, 3.05) is 23.4 Å². The number of amides is 1. The average Bonchev–Trinajstić information content (AvgIpc) is 2.76. The molecule has 13 nitrogen and oxygen atoms in total. The van der Waals surface area contributed by atoms with E-state index in [9.17, 15) is 19.5 Å². The van der Waals surface area contributed by atoms with Crippen molar-refractivity contribution in [2.45, 2.75) is 25.4 Å². The molecule has 0 aliphatic heterocycles. The first-order valence-electron chi connectivity index (χ1n) is 9.73. The van der Waals surface area contributed by atoms with Crippen molar-refractivity contribution in [1.29, 1.82) is 0 Å². The predicted octanol–water partition coefficient (Wildman–Crippen LogP) is -1.07. The van der Waals surface area contributed by atoms with Gasteiger partial charge in [-0.2, -0.15) is 9.97 Å². The predicted molar refractivity (Wildman–Crippen MR) is 116 cm³/mol. The minimum absolute atomic E-state index is 0.0103. The summed E-state index contributed by atoms with van der Waals surface area (Å²) in [5.41, 5.74) is 13.6. The Bertz CT molecular complexity index is 1200. The van der Waals surface area contributed by atoms with Crippen LogP contribution >= 0.6 is 0 Å². The molecule has 0 saturated heterocycles. The number of aliphatic carboxylic acids is 2. The lowest BCUT2D eigenvalue weighted by atomic mass is 10.1. The summed E-state index contributed by atoms with van der Waals surface area (Å²) in [6.07, 6.45) is 0.856. The highest BCUT2D eigenvalue weighted by Crippen LogP contribution is 2.19. The summed E-state index contributed by atoms with van der Waals surface area (Å²) >= 11 is 0. The molecule has 3 rings (SSSR count). The number of nitrogens with two attached hydrogens (primary N) is 2. The molecule has 6 N–H and O–H groups in total. The zero-order valence-corrected chi connectivity index (χ0v) is 17.6. The van der Waals surface area contributed by atoms with Gasteiger partial charge in [0.1, 0.15) is 0 Å². The topological polar surface area (TPSA) is 213 Å². The van der Waals surface area contributed by atoms with Crippen molar-refractivity contribution < 1.29 is 24.6 Å². The van der Waals surface area contributed by atoms with Crippen LogP contribution in [0.1, 0.15) is 28.9 Å². The molecule has 0 aliphatic carbocycles. The van der Waals surface area contributed by atoms with E-state index in [1.807, 2.05) is 11.9 Å². The molecule has 33 heavy (non-hydrogen) atoms. The van der Waals surface area contributed by atoms with Crippen LogP contribution in [0.25, 0.3) is 11.2 Å². The summed E-state index contributed by atoms with van der Waals surface area (Å²) in [4.78, 5) is 52.5. The molecule has 3 aromatic rings. The fourth-order valence-electron chi connectivity index (χ4n) is 3.02. The van der Waals surface area contributed by atoms with Crippen LogP contribution in [0.2, 0.25) is 0 Å². The van der Waals surface area contributed by atoms with Crippen molar-refractivity contribution in [3.63, 3.8) is 0 Å². The van der Waals surface area contributed by atoms with Crippen LogP contribution in [-0.4, -0.2) is 56.0 Å². The lowest BCUT2D eigenvalue weighted by Crippen LogP contribution is -2.48. The number of benzene rings is 1. The Morgan fingerprint density at radius 3 is 2.48 bits per heavy atom. The van der Waals surface area contributed by atoms with Gasteiger partial charge in [0.2, 0.25) is 5.95 Å². The number of carbonyl (C=O) groups is 3. The summed E-state index contributed by atoms with van der Waals surface area (Å²) < 4.78 is 0. The quantitative estimate of drug-likeness (QED) is 0.305. The number of anilines is 3. The Hall–Kier alpha value is -4.55. The van der Waals surface area contributed by atoms with Crippen LogP contribution in [0.5, 0.6) is 0 Å². The van der Waals surface area contributed by atoms with E-state index in [0.29, 0.717) is 23.4 Å². The van der Waals surface area contributed by atoms with Crippen LogP contribution in [0.4, 0.5) is 17.5 Å². The number of carbonyl (C=O) groups excluding carboxylic acids is 2. The Morgan fingerprint density at radius 2 is 1.85 bits per heavy atom.